The minimum absolute atomic E-state index is 0.0948. The molecule has 25 heavy (non-hydrogen) atoms. The highest BCUT2D eigenvalue weighted by Gasteiger charge is 2.16. The number of amides is 2. The Balaban J connectivity index is 1.57. The molecule has 0 saturated heterocycles. The van der Waals surface area contributed by atoms with Crippen LogP contribution < -0.4 is 10.6 Å². The fourth-order valence-electron chi connectivity index (χ4n) is 2.14. The lowest BCUT2D eigenvalue weighted by Crippen LogP contribution is -2.35. The monoisotopic (exact) mass is 351 g/mol. The molecular formula is C18H13N3O3S. The Hall–Kier alpha value is -3.37. The van der Waals surface area contributed by atoms with Gasteiger partial charge in [-0.1, -0.05) is 18.2 Å². The first kappa shape index (κ1) is 16.5. The average Bonchev–Trinajstić information content (AvgIpc) is 3.31. The van der Waals surface area contributed by atoms with Crippen molar-refractivity contribution in [1.82, 2.24) is 5.32 Å². The van der Waals surface area contributed by atoms with Crippen molar-refractivity contribution < 1.29 is 14.0 Å². The van der Waals surface area contributed by atoms with Gasteiger partial charge in [0.1, 0.15) is 17.6 Å². The Morgan fingerprint density at radius 1 is 1.08 bits per heavy atom. The number of anilines is 1. The van der Waals surface area contributed by atoms with E-state index in [1.807, 2.05) is 29.6 Å². The normalized spacial score (nSPS) is 10.0. The fourth-order valence-corrected chi connectivity index (χ4v) is 2.83. The zero-order valence-electron chi connectivity index (χ0n) is 13.0. The summed E-state index contributed by atoms with van der Waals surface area (Å²) in [6, 6.07) is 15.8. The van der Waals surface area contributed by atoms with Crippen LogP contribution in [0.1, 0.15) is 11.3 Å². The van der Waals surface area contributed by atoms with Crippen molar-refractivity contribution in [2.75, 3.05) is 5.32 Å². The summed E-state index contributed by atoms with van der Waals surface area (Å²) in [4.78, 5) is 24.8. The van der Waals surface area contributed by atoms with E-state index in [1.165, 1.54) is 0 Å². The first-order valence-electron chi connectivity index (χ1n) is 7.38. The lowest BCUT2D eigenvalue weighted by molar-refractivity contribution is -0.136. The second-order valence-electron chi connectivity index (χ2n) is 5.04. The van der Waals surface area contributed by atoms with Gasteiger partial charge < -0.3 is 15.1 Å². The molecule has 0 aliphatic rings. The summed E-state index contributed by atoms with van der Waals surface area (Å²) in [5.74, 6) is -0.386. The Morgan fingerprint density at radius 3 is 2.68 bits per heavy atom. The maximum Gasteiger partial charge on any atom is 0.313 e. The van der Waals surface area contributed by atoms with Crippen molar-refractivity contribution in [3.05, 3.63) is 65.2 Å². The van der Waals surface area contributed by atoms with Gasteiger partial charge in [-0.2, -0.15) is 5.26 Å². The van der Waals surface area contributed by atoms with E-state index in [4.69, 9.17) is 9.68 Å². The molecule has 6 nitrogen and oxygen atoms in total. The van der Waals surface area contributed by atoms with Crippen LogP contribution in [-0.4, -0.2) is 11.8 Å². The molecule has 0 fully saturated rings. The topological polar surface area (TPSA) is 95.1 Å². The molecule has 0 saturated carbocycles. The molecule has 0 aliphatic carbocycles. The van der Waals surface area contributed by atoms with Crippen molar-refractivity contribution in [2.45, 2.75) is 6.54 Å². The summed E-state index contributed by atoms with van der Waals surface area (Å²) < 4.78 is 5.63. The molecule has 3 aromatic rings. The third-order valence-corrected chi connectivity index (χ3v) is 4.24. The van der Waals surface area contributed by atoms with Gasteiger partial charge in [0.25, 0.3) is 0 Å². The van der Waals surface area contributed by atoms with E-state index >= 15 is 0 Å². The van der Waals surface area contributed by atoms with E-state index in [9.17, 15) is 9.59 Å². The number of hydrogen-bond donors (Lipinski definition) is 2. The molecule has 2 amide bonds. The number of carbonyl (C=O) groups is 2. The number of thiophene rings is 1. The Kier molecular flexibility index (Phi) is 4.92. The highest BCUT2D eigenvalue weighted by atomic mass is 32.1. The predicted molar refractivity (Wildman–Crippen MR) is 93.7 cm³/mol. The van der Waals surface area contributed by atoms with Crippen molar-refractivity contribution in [1.29, 1.82) is 5.26 Å². The highest BCUT2D eigenvalue weighted by molar-refractivity contribution is 7.13. The maximum atomic E-state index is 11.9. The largest absolute Gasteiger partial charge is 0.458 e. The third-order valence-electron chi connectivity index (χ3n) is 3.35. The first-order valence-corrected chi connectivity index (χ1v) is 8.26. The molecule has 0 unspecified atom stereocenters. The second kappa shape index (κ2) is 7.47. The minimum atomic E-state index is -0.840. The molecule has 2 heterocycles. The smallest absolute Gasteiger partial charge is 0.313 e. The van der Waals surface area contributed by atoms with Crippen LogP contribution in [0, 0.1) is 11.3 Å². The number of nitriles is 1. The summed E-state index contributed by atoms with van der Waals surface area (Å²) in [6.45, 7) is 0.0948. The molecule has 124 valence electrons. The molecule has 0 radical (unpaired) electrons. The van der Waals surface area contributed by atoms with Crippen LogP contribution in [0.25, 0.3) is 10.6 Å². The van der Waals surface area contributed by atoms with E-state index < -0.39 is 11.8 Å². The average molecular weight is 351 g/mol. The molecular weight excluding hydrogens is 338 g/mol. The summed E-state index contributed by atoms with van der Waals surface area (Å²) in [7, 11) is 0. The van der Waals surface area contributed by atoms with Crippen LogP contribution in [-0.2, 0) is 16.1 Å². The third kappa shape index (κ3) is 3.94. The molecule has 0 bridgehead atoms. The van der Waals surface area contributed by atoms with Gasteiger partial charge >= 0.3 is 11.8 Å². The summed E-state index contributed by atoms with van der Waals surface area (Å²) in [6.07, 6.45) is 0. The number of para-hydroxylation sites is 1. The van der Waals surface area contributed by atoms with Crippen molar-refractivity contribution >= 4 is 28.8 Å². The number of nitrogens with one attached hydrogen (secondary N) is 2. The minimum Gasteiger partial charge on any atom is -0.458 e. The van der Waals surface area contributed by atoms with Crippen molar-refractivity contribution in [3.8, 4) is 16.7 Å². The quantitative estimate of drug-likeness (QED) is 0.706. The van der Waals surface area contributed by atoms with Crippen LogP contribution >= 0.6 is 11.3 Å². The number of furan rings is 1. The van der Waals surface area contributed by atoms with E-state index in [2.05, 4.69) is 10.6 Å². The molecule has 0 spiro atoms. The zero-order chi connectivity index (χ0) is 17.6. The van der Waals surface area contributed by atoms with E-state index in [0.29, 0.717) is 17.2 Å². The molecule has 3 rings (SSSR count). The van der Waals surface area contributed by atoms with E-state index in [-0.39, 0.29) is 12.1 Å². The van der Waals surface area contributed by atoms with Crippen LogP contribution in [0.5, 0.6) is 0 Å². The van der Waals surface area contributed by atoms with Gasteiger partial charge in [-0.15, -0.1) is 11.3 Å². The number of rotatable bonds is 4. The predicted octanol–water partition coefficient (Wildman–Crippen LogP) is 3.13. The van der Waals surface area contributed by atoms with Gasteiger partial charge in [0.15, 0.2) is 0 Å². The molecule has 0 aliphatic heterocycles. The second-order valence-corrected chi connectivity index (χ2v) is 5.99. The Bertz CT molecular complexity index is 939. The lowest BCUT2D eigenvalue weighted by Gasteiger charge is -2.06. The molecule has 1 aromatic carbocycles. The first-order chi connectivity index (χ1) is 12.2. The summed E-state index contributed by atoms with van der Waals surface area (Å²) in [5.41, 5.74) is 0.582. The van der Waals surface area contributed by atoms with Crippen LogP contribution in [0.3, 0.4) is 0 Å². The molecule has 2 aromatic heterocycles. The van der Waals surface area contributed by atoms with Gasteiger partial charge in [-0.25, -0.2) is 0 Å². The number of hydrogen-bond acceptors (Lipinski definition) is 5. The molecule has 7 heteroatoms. The number of nitrogens with zero attached hydrogens (tertiary/aromatic N) is 1. The number of carbonyl (C=O) groups excluding carboxylic acids is 2. The van der Waals surface area contributed by atoms with E-state index in [1.54, 1.807) is 41.7 Å². The molecule has 2 N–H and O–H groups in total. The zero-order valence-corrected chi connectivity index (χ0v) is 13.8. The highest BCUT2D eigenvalue weighted by Crippen LogP contribution is 2.26. The lowest BCUT2D eigenvalue weighted by atomic mass is 10.2. The van der Waals surface area contributed by atoms with Crippen molar-refractivity contribution in [2.24, 2.45) is 0 Å². The van der Waals surface area contributed by atoms with Gasteiger partial charge in [0.2, 0.25) is 0 Å². The van der Waals surface area contributed by atoms with Gasteiger partial charge in [0, 0.05) is 0 Å². The summed E-state index contributed by atoms with van der Waals surface area (Å²) >= 11 is 1.55. The van der Waals surface area contributed by atoms with Crippen LogP contribution in [0.4, 0.5) is 5.69 Å². The standard InChI is InChI=1S/C18H13N3O3S/c19-10-12-4-1-2-5-14(12)21-18(23)17(22)20-11-13-7-8-15(24-13)16-6-3-9-25-16/h1-9H,11H2,(H,20,22)(H,21,23). The SMILES string of the molecule is N#Cc1ccccc1NC(=O)C(=O)NCc1ccc(-c2cccs2)o1. The van der Waals surface area contributed by atoms with Crippen molar-refractivity contribution in [3.63, 3.8) is 0 Å². The Labute approximate surface area is 147 Å². The van der Waals surface area contributed by atoms with E-state index in [0.717, 1.165) is 4.88 Å². The molecule has 0 atom stereocenters. The fraction of sp³-hybridized carbons (Fsp3) is 0.0556. The van der Waals surface area contributed by atoms with Gasteiger partial charge in [-0.3, -0.25) is 9.59 Å². The van der Waals surface area contributed by atoms with Gasteiger partial charge in [0.05, 0.1) is 22.7 Å². The Morgan fingerprint density at radius 2 is 1.92 bits per heavy atom. The van der Waals surface area contributed by atoms with Gasteiger partial charge in [-0.05, 0) is 35.7 Å². The summed E-state index contributed by atoms with van der Waals surface area (Å²) in [5, 5.41) is 15.8. The number of benzene rings is 1. The van der Waals surface area contributed by atoms with Crippen LogP contribution in [0.15, 0.2) is 58.3 Å². The van der Waals surface area contributed by atoms with Crippen LogP contribution in [0.2, 0.25) is 0 Å². The maximum absolute atomic E-state index is 11.9.